The Kier molecular flexibility index (Phi) is 5.46. The lowest BCUT2D eigenvalue weighted by Gasteiger charge is -2.09. The van der Waals surface area contributed by atoms with Crippen LogP contribution >= 0.6 is 0 Å². The van der Waals surface area contributed by atoms with Crippen LogP contribution in [0, 0.1) is 5.82 Å². The number of benzene rings is 2. The lowest BCUT2D eigenvalue weighted by molar-refractivity contribution is 0.0951. The summed E-state index contributed by atoms with van der Waals surface area (Å²) >= 11 is 0. The van der Waals surface area contributed by atoms with Gasteiger partial charge in [-0.15, -0.1) is 0 Å². The van der Waals surface area contributed by atoms with Gasteiger partial charge in [0.1, 0.15) is 5.82 Å². The van der Waals surface area contributed by atoms with Gasteiger partial charge in [-0.1, -0.05) is 6.07 Å². The molecule has 1 amide bonds. The molecule has 0 bridgehead atoms. The number of hydrogen-bond acceptors (Lipinski definition) is 4. The monoisotopic (exact) mass is 385 g/mol. The Labute approximate surface area is 156 Å². The first kappa shape index (κ1) is 18.5. The minimum Gasteiger partial charge on any atom is -0.348 e. The molecule has 0 atom stereocenters. The number of sulfonamides is 1. The van der Waals surface area contributed by atoms with Gasteiger partial charge in [0.2, 0.25) is 0 Å². The summed E-state index contributed by atoms with van der Waals surface area (Å²) in [5.74, 6) is -0.803. The average Bonchev–Trinajstić information content (AvgIpc) is 2.67. The van der Waals surface area contributed by atoms with Crippen molar-refractivity contribution in [2.75, 3.05) is 4.72 Å². The fraction of sp³-hybridized carbons (Fsp3) is 0.0526. The SMILES string of the molecule is O=C(NCc1cccnc1)c1ccc(NS(=O)(=O)c2ccc(F)cc2)cc1. The molecule has 0 saturated carbocycles. The maximum atomic E-state index is 12.9. The minimum absolute atomic E-state index is 0.0535. The molecule has 0 unspecified atom stereocenters. The highest BCUT2D eigenvalue weighted by Crippen LogP contribution is 2.17. The molecule has 6 nitrogen and oxygen atoms in total. The number of carbonyl (C=O) groups excluding carboxylic acids is 1. The summed E-state index contributed by atoms with van der Waals surface area (Å²) in [4.78, 5) is 16.1. The first-order valence-corrected chi connectivity index (χ1v) is 9.48. The van der Waals surface area contributed by atoms with Crippen molar-refractivity contribution in [2.24, 2.45) is 0 Å². The van der Waals surface area contributed by atoms with Crippen molar-refractivity contribution in [2.45, 2.75) is 11.4 Å². The number of amides is 1. The standard InChI is InChI=1S/C19H16FN3O3S/c20-16-5-9-18(10-6-16)27(25,26)23-17-7-3-15(4-8-17)19(24)22-13-14-2-1-11-21-12-14/h1-12,23H,13H2,(H,22,24). The number of halogens is 1. The molecule has 8 heteroatoms. The summed E-state index contributed by atoms with van der Waals surface area (Å²) in [6.07, 6.45) is 3.31. The van der Waals surface area contributed by atoms with Crippen LogP contribution in [0.5, 0.6) is 0 Å². The van der Waals surface area contributed by atoms with Crippen LogP contribution in [-0.2, 0) is 16.6 Å². The highest BCUT2D eigenvalue weighted by Gasteiger charge is 2.14. The summed E-state index contributed by atoms with van der Waals surface area (Å²) in [6, 6.07) is 14.1. The van der Waals surface area contributed by atoms with E-state index in [4.69, 9.17) is 0 Å². The van der Waals surface area contributed by atoms with Gasteiger partial charge in [-0.25, -0.2) is 12.8 Å². The number of anilines is 1. The molecule has 0 aliphatic heterocycles. The first-order valence-electron chi connectivity index (χ1n) is 7.99. The molecule has 0 radical (unpaired) electrons. The second-order valence-electron chi connectivity index (χ2n) is 5.68. The van der Waals surface area contributed by atoms with Crippen LogP contribution in [0.4, 0.5) is 10.1 Å². The quantitative estimate of drug-likeness (QED) is 0.683. The molecule has 2 N–H and O–H groups in total. The van der Waals surface area contributed by atoms with Crippen LogP contribution < -0.4 is 10.0 Å². The largest absolute Gasteiger partial charge is 0.348 e. The van der Waals surface area contributed by atoms with Crippen molar-refractivity contribution in [1.29, 1.82) is 0 Å². The molecule has 3 aromatic rings. The van der Waals surface area contributed by atoms with Gasteiger partial charge in [0.05, 0.1) is 4.90 Å². The molecule has 138 valence electrons. The predicted molar refractivity (Wildman–Crippen MR) is 99.1 cm³/mol. The zero-order chi connectivity index (χ0) is 19.3. The molecule has 0 aliphatic rings. The fourth-order valence-corrected chi connectivity index (χ4v) is 3.36. The van der Waals surface area contributed by atoms with Crippen molar-refractivity contribution >= 4 is 21.6 Å². The van der Waals surface area contributed by atoms with Crippen molar-refractivity contribution in [1.82, 2.24) is 10.3 Å². The zero-order valence-electron chi connectivity index (χ0n) is 14.1. The van der Waals surface area contributed by atoms with Gasteiger partial charge in [-0.05, 0) is 60.2 Å². The summed E-state index contributed by atoms with van der Waals surface area (Å²) in [5, 5.41) is 2.76. The van der Waals surface area contributed by atoms with Crippen LogP contribution in [-0.4, -0.2) is 19.3 Å². The lowest BCUT2D eigenvalue weighted by Crippen LogP contribution is -2.22. The lowest BCUT2D eigenvalue weighted by atomic mass is 10.2. The topological polar surface area (TPSA) is 88.2 Å². The van der Waals surface area contributed by atoms with Gasteiger partial charge in [-0.2, -0.15) is 0 Å². The van der Waals surface area contributed by atoms with E-state index < -0.39 is 15.8 Å². The normalized spacial score (nSPS) is 11.0. The molecule has 1 aromatic heterocycles. The maximum absolute atomic E-state index is 12.9. The number of nitrogens with one attached hydrogen (secondary N) is 2. The summed E-state index contributed by atoms with van der Waals surface area (Å²) in [5.41, 5.74) is 1.56. The van der Waals surface area contributed by atoms with Crippen LogP contribution in [0.1, 0.15) is 15.9 Å². The van der Waals surface area contributed by atoms with Gasteiger partial charge in [0, 0.05) is 30.2 Å². The van der Waals surface area contributed by atoms with Gasteiger partial charge in [0.25, 0.3) is 15.9 Å². The summed E-state index contributed by atoms with van der Waals surface area (Å²) in [6.45, 7) is 0.339. The Bertz CT molecular complexity index is 1020. The van der Waals surface area contributed by atoms with E-state index in [-0.39, 0.29) is 10.8 Å². The fourth-order valence-electron chi connectivity index (χ4n) is 2.30. The zero-order valence-corrected chi connectivity index (χ0v) is 14.9. The molecule has 0 spiro atoms. The Balaban J connectivity index is 1.64. The average molecular weight is 385 g/mol. The van der Waals surface area contributed by atoms with E-state index in [0.29, 0.717) is 17.8 Å². The smallest absolute Gasteiger partial charge is 0.261 e. The second-order valence-corrected chi connectivity index (χ2v) is 7.36. The Morgan fingerprint density at radius 1 is 1.00 bits per heavy atom. The summed E-state index contributed by atoms with van der Waals surface area (Å²) in [7, 11) is -3.83. The number of rotatable bonds is 6. The van der Waals surface area contributed by atoms with Gasteiger partial charge < -0.3 is 5.32 Å². The Morgan fingerprint density at radius 3 is 2.33 bits per heavy atom. The minimum atomic E-state index is -3.83. The predicted octanol–water partition coefficient (Wildman–Crippen LogP) is 2.95. The van der Waals surface area contributed by atoms with Gasteiger partial charge >= 0.3 is 0 Å². The first-order chi connectivity index (χ1) is 12.9. The van der Waals surface area contributed by atoms with E-state index in [9.17, 15) is 17.6 Å². The van der Waals surface area contributed by atoms with E-state index in [1.54, 1.807) is 18.5 Å². The molecule has 3 rings (SSSR count). The highest BCUT2D eigenvalue weighted by atomic mass is 32.2. The number of hydrogen-bond donors (Lipinski definition) is 2. The van der Waals surface area contributed by atoms with E-state index in [1.807, 2.05) is 6.07 Å². The van der Waals surface area contributed by atoms with Crippen LogP contribution in [0.2, 0.25) is 0 Å². The van der Waals surface area contributed by atoms with Crippen molar-refractivity contribution in [3.8, 4) is 0 Å². The molecular formula is C19H16FN3O3S. The second kappa shape index (κ2) is 7.96. The number of pyridine rings is 1. The molecule has 0 fully saturated rings. The van der Waals surface area contributed by atoms with Crippen molar-refractivity contribution in [3.05, 3.63) is 90.0 Å². The highest BCUT2D eigenvalue weighted by molar-refractivity contribution is 7.92. The van der Waals surface area contributed by atoms with Crippen LogP contribution in [0.15, 0.2) is 78.0 Å². The number of carbonyl (C=O) groups is 1. The van der Waals surface area contributed by atoms with Gasteiger partial charge in [0.15, 0.2) is 0 Å². The van der Waals surface area contributed by atoms with Crippen LogP contribution in [0.25, 0.3) is 0 Å². The number of nitrogens with zero attached hydrogens (tertiary/aromatic N) is 1. The molecule has 27 heavy (non-hydrogen) atoms. The van der Waals surface area contributed by atoms with Crippen molar-refractivity contribution < 1.29 is 17.6 Å². The maximum Gasteiger partial charge on any atom is 0.261 e. The molecule has 2 aromatic carbocycles. The Hall–Kier alpha value is -3.26. The van der Waals surface area contributed by atoms with E-state index >= 15 is 0 Å². The molecule has 0 aliphatic carbocycles. The molecule has 1 heterocycles. The van der Waals surface area contributed by atoms with E-state index in [2.05, 4.69) is 15.0 Å². The van der Waals surface area contributed by atoms with E-state index in [0.717, 1.165) is 17.7 Å². The molecular weight excluding hydrogens is 369 g/mol. The van der Waals surface area contributed by atoms with Gasteiger partial charge in [-0.3, -0.25) is 14.5 Å². The van der Waals surface area contributed by atoms with Crippen molar-refractivity contribution in [3.63, 3.8) is 0 Å². The Morgan fingerprint density at radius 2 is 1.70 bits per heavy atom. The third kappa shape index (κ3) is 4.89. The third-order valence-electron chi connectivity index (χ3n) is 3.70. The summed E-state index contributed by atoms with van der Waals surface area (Å²) < 4.78 is 39.9. The van der Waals surface area contributed by atoms with E-state index in [1.165, 1.54) is 36.4 Å². The third-order valence-corrected chi connectivity index (χ3v) is 5.10. The number of aromatic nitrogens is 1. The van der Waals surface area contributed by atoms with Crippen LogP contribution in [0.3, 0.4) is 0 Å². The molecule has 0 saturated heterocycles.